The van der Waals surface area contributed by atoms with Gasteiger partial charge in [0.2, 0.25) is 5.91 Å². The molecule has 1 atom stereocenters. The van der Waals surface area contributed by atoms with Crippen LogP contribution in [0.4, 0.5) is 0 Å². The number of hydrogen-bond acceptors (Lipinski definition) is 4. The van der Waals surface area contributed by atoms with Gasteiger partial charge in [-0.05, 0) is 35.2 Å². The number of hydrogen-bond donors (Lipinski definition) is 1. The van der Waals surface area contributed by atoms with Gasteiger partial charge in [-0.15, -0.1) is 5.10 Å². The van der Waals surface area contributed by atoms with Crippen molar-refractivity contribution in [1.82, 2.24) is 5.32 Å². The average molecular weight is 373 g/mol. The van der Waals surface area contributed by atoms with Crippen molar-refractivity contribution in [3.63, 3.8) is 0 Å². The molecule has 1 aliphatic heterocycles. The van der Waals surface area contributed by atoms with E-state index in [-0.39, 0.29) is 11.2 Å². The molecule has 1 fully saturated rings. The Kier molecular flexibility index (Phi) is 5.03. The number of thioether (sulfide) groups is 1. The maximum Gasteiger partial charge on any atom is 0.239 e. The molecule has 134 valence electrons. The first kappa shape index (κ1) is 17.5. The third-order valence-corrected chi connectivity index (χ3v) is 5.68. The summed E-state index contributed by atoms with van der Waals surface area (Å²) in [6.07, 6.45) is 2.42. The minimum Gasteiger partial charge on any atom is -0.303 e. The molecular weight excluding hydrogens is 354 g/mol. The zero-order valence-corrected chi connectivity index (χ0v) is 15.7. The maximum absolute atomic E-state index is 12.2. The summed E-state index contributed by atoms with van der Waals surface area (Å²) in [5.41, 5.74) is 3.39. The quantitative estimate of drug-likeness (QED) is 0.547. The summed E-state index contributed by atoms with van der Waals surface area (Å²) in [6.45, 7) is 2.07. The van der Waals surface area contributed by atoms with Crippen molar-refractivity contribution >= 4 is 39.8 Å². The van der Waals surface area contributed by atoms with Crippen LogP contribution < -0.4 is 5.32 Å². The minimum absolute atomic E-state index is 0.0117. The van der Waals surface area contributed by atoms with E-state index < -0.39 is 0 Å². The highest BCUT2D eigenvalue weighted by molar-refractivity contribution is 8.15. The second-order valence-corrected chi connectivity index (χ2v) is 7.64. The van der Waals surface area contributed by atoms with Crippen molar-refractivity contribution < 1.29 is 4.79 Å². The van der Waals surface area contributed by atoms with E-state index in [4.69, 9.17) is 0 Å². The summed E-state index contributed by atoms with van der Waals surface area (Å²) in [4.78, 5) is 12.2. The van der Waals surface area contributed by atoms with E-state index in [1.807, 2.05) is 36.4 Å². The summed E-state index contributed by atoms with van der Waals surface area (Å²) in [5.74, 6) is -0.0117. The molecule has 1 N–H and O–H groups in total. The van der Waals surface area contributed by atoms with Crippen molar-refractivity contribution in [1.29, 1.82) is 0 Å². The molecule has 0 aromatic heterocycles. The molecule has 0 saturated carbocycles. The molecule has 0 bridgehead atoms. The monoisotopic (exact) mass is 373 g/mol. The Hall–Kier alpha value is -2.92. The van der Waals surface area contributed by atoms with Crippen LogP contribution >= 0.6 is 11.8 Å². The van der Waals surface area contributed by atoms with Crippen LogP contribution in [0, 0.1) is 6.92 Å². The van der Waals surface area contributed by atoms with Crippen molar-refractivity contribution in [2.24, 2.45) is 10.2 Å². The Balaban J connectivity index is 1.48. The molecule has 27 heavy (non-hydrogen) atoms. The van der Waals surface area contributed by atoms with Crippen LogP contribution in [0.3, 0.4) is 0 Å². The minimum atomic E-state index is -0.169. The Bertz CT molecular complexity index is 1050. The molecule has 4 rings (SSSR count). The number of benzene rings is 3. The molecule has 1 saturated heterocycles. The molecule has 1 aliphatic rings. The van der Waals surface area contributed by atoms with E-state index in [0.29, 0.717) is 11.6 Å². The van der Waals surface area contributed by atoms with Crippen LogP contribution in [0.25, 0.3) is 10.8 Å². The highest BCUT2D eigenvalue weighted by Gasteiger charge is 2.30. The van der Waals surface area contributed by atoms with E-state index in [1.54, 1.807) is 6.21 Å². The Labute approximate surface area is 162 Å². The second-order valence-electron chi connectivity index (χ2n) is 6.44. The largest absolute Gasteiger partial charge is 0.303 e. The first-order valence-electron chi connectivity index (χ1n) is 8.81. The van der Waals surface area contributed by atoms with Gasteiger partial charge in [0.25, 0.3) is 0 Å². The van der Waals surface area contributed by atoms with Gasteiger partial charge >= 0.3 is 0 Å². The third kappa shape index (κ3) is 3.93. The van der Waals surface area contributed by atoms with Crippen LogP contribution in [-0.2, 0) is 11.2 Å². The molecule has 1 heterocycles. The molecule has 0 spiro atoms. The Morgan fingerprint density at radius 2 is 1.81 bits per heavy atom. The van der Waals surface area contributed by atoms with Crippen molar-refractivity contribution in [3.8, 4) is 0 Å². The maximum atomic E-state index is 12.2. The predicted molar refractivity (Wildman–Crippen MR) is 113 cm³/mol. The van der Waals surface area contributed by atoms with Crippen molar-refractivity contribution in [2.45, 2.75) is 18.6 Å². The van der Waals surface area contributed by atoms with Gasteiger partial charge in [-0.3, -0.25) is 4.79 Å². The fraction of sp³-hybridized carbons (Fsp3) is 0.136. The van der Waals surface area contributed by atoms with Gasteiger partial charge in [-0.2, -0.15) is 5.10 Å². The van der Waals surface area contributed by atoms with Crippen molar-refractivity contribution in [3.05, 3.63) is 83.4 Å². The number of amidine groups is 1. The highest BCUT2D eigenvalue weighted by Crippen LogP contribution is 2.24. The number of aryl methyl sites for hydroxylation is 1. The lowest BCUT2D eigenvalue weighted by atomic mass is 10.0. The SMILES string of the molecule is Cc1ccccc1CC1SC(=NN=Cc2cccc3ccccc23)NC1=O. The summed E-state index contributed by atoms with van der Waals surface area (Å²) in [5, 5.41) is 13.9. The summed E-state index contributed by atoms with van der Waals surface area (Å²) >= 11 is 1.44. The molecule has 3 aromatic carbocycles. The van der Waals surface area contributed by atoms with Gasteiger partial charge in [0.15, 0.2) is 5.17 Å². The van der Waals surface area contributed by atoms with E-state index in [9.17, 15) is 4.79 Å². The first-order valence-corrected chi connectivity index (χ1v) is 9.69. The van der Waals surface area contributed by atoms with E-state index in [1.165, 1.54) is 22.9 Å². The highest BCUT2D eigenvalue weighted by atomic mass is 32.2. The van der Waals surface area contributed by atoms with Crippen LogP contribution in [-0.4, -0.2) is 22.5 Å². The van der Waals surface area contributed by atoms with Crippen LogP contribution in [0.2, 0.25) is 0 Å². The Morgan fingerprint density at radius 1 is 1.04 bits per heavy atom. The van der Waals surface area contributed by atoms with Crippen LogP contribution in [0.5, 0.6) is 0 Å². The summed E-state index contributed by atoms with van der Waals surface area (Å²) < 4.78 is 0. The topological polar surface area (TPSA) is 53.8 Å². The molecule has 4 nitrogen and oxygen atoms in total. The van der Waals surface area contributed by atoms with Gasteiger partial charge in [-0.25, -0.2) is 0 Å². The number of fused-ring (bicyclic) bond motifs is 1. The molecule has 5 heteroatoms. The van der Waals surface area contributed by atoms with Gasteiger partial charge < -0.3 is 5.32 Å². The van der Waals surface area contributed by atoms with Gasteiger partial charge in [-0.1, -0.05) is 78.5 Å². The zero-order chi connectivity index (χ0) is 18.6. The number of nitrogens with one attached hydrogen (secondary N) is 1. The lowest BCUT2D eigenvalue weighted by Gasteiger charge is -2.07. The van der Waals surface area contributed by atoms with E-state index in [0.717, 1.165) is 16.3 Å². The van der Waals surface area contributed by atoms with Crippen LogP contribution in [0.15, 0.2) is 76.9 Å². The number of nitrogens with zero attached hydrogens (tertiary/aromatic N) is 2. The van der Waals surface area contributed by atoms with Gasteiger partial charge in [0.1, 0.15) is 0 Å². The smallest absolute Gasteiger partial charge is 0.239 e. The van der Waals surface area contributed by atoms with E-state index >= 15 is 0 Å². The normalized spacial score (nSPS) is 18.5. The summed E-state index contributed by atoms with van der Waals surface area (Å²) in [7, 11) is 0. The number of rotatable bonds is 4. The second kappa shape index (κ2) is 7.76. The molecule has 0 aliphatic carbocycles. The molecule has 0 radical (unpaired) electrons. The zero-order valence-electron chi connectivity index (χ0n) is 14.9. The Morgan fingerprint density at radius 3 is 2.70 bits per heavy atom. The molecule has 1 amide bonds. The van der Waals surface area contributed by atoms with Crippen LogP contribution in [0.1, 0.15) is 16.7 Å². The number of amides is 1. The fourth-order valence-electron chi connectivity index (χ4n) is 3.13. The average Bonchev–Trinajstić information content (AvgIpc) is 3.03. The molecule has 1 unspecified atom stereocenters. The lowest BCUT2D eigenvalue weighted by Crippen LogP contribution is -2.26. The molecular formula is C22H19N3OS. The predicted octanol–water partition coefficient (Wildman–Crippen LogP) is 4.31. The standard InChI is InChI=1S/C22H19N3OS/c1-15-7-2-3-9-17(15)13-20-21(26)24-22(27-20)25-23-14-18-11-6-10-16-8-4-5-12-19(16)18/h2-12,14,20H,13H2,1H3,(H,24,25,26). The summed E-state index contributed by atoms with van der Waals surface area (Å²) in [6, 6.07) is 22.4. The molecule has 3 aromatic rings. The van der Waals surface area contributed by atoms with Crippen molar-refractivity contribution in [2.75, 3.05) is 0 Å². The lowest BCUT2D eigenvalue weighted by molar-refractivity contribution is -0.118. The van der Waals surface area contributed by atoms with Gasteiger partial charge in [0, 0.05) is 5.56 Å². The number of carbonyl (C=O) groups is 1. The fourth-order valence-corrected chi connectivity index (χ4v) is 4.08. The number of carbonyl (C=O) groups excluding carboxylic acids is 1. The van der Waals surface area contributed by atoms with Gasteiger partial charge in [0.05, 0.1) is 11.5 Å². The third-order valence-electron chi connectivity index (χ3n) is 4.61. The van der Waals surface area contributed by atoms with E-state index in [2.05, 4.69) is 52.8 Å². The first-order chi connectivity index (χ1) is 13.2.